The zero-order chi connectivity index (χ0) is 15.0. The second kappa shape index (κ2) is 8.02. The molecule has 0 heteroatoms. The lowest BCUT2D eigenvalue weighted by Crippen LogP contribution is -1.81. The van der Waals surface area contributed by atoms with E-state index in [1.54, 1.807) is 0 Å². The van der Waals surface area contributed by atoms with Crippen LogP contribution in [-0.4, -0.2) is 0 Å². The van der Waals surface area contributed by atoms with Crippen molar-refractivity contribution in [2.45, 2.75) is 27.7 Å². The first kappa shape index (κ1) is 15.8. The number of hydrogen-bond acceptors (Lipinski definition) is 0. The lowest BCUT2D eigenvalue weighted by molar-refractivity contribution is 1.46. The summed E-state index contributed by atoms with van der Waals surface area (Å²) in [5.41, 5.74) is 5.46. The summed E-state index contributed by atoms with van der Waals surface area (Å²) >= 11 is 0. The fraction of sp³-hybridized carbons (Fsp3) is 0.200. The summed E-state index contributed by atoms with van der Waals surface area (Å²) in [5, 5.41) is 0. The molecule has 0 aliphatic heterocycles. The lowest BCUT2D eigenvalue weighted by Gasteiger charge is -1.98. The maximum Gasteiger partial charge on any atom is 0.0249 e. The fourth-order valence-electron chi connectivity index (χ4n) is 1.61. The van der Waals surface area contributed by atoms with Crippen LogP contribution in [0.15, 0.2) is 55.1 Å². The highest BCUT2D eigenvalue weighted by Crippen LogP contribution is 2.12. The average Bonchev–Trinajstić information content (AvgIpc) is 2.49. The minimum absolute atomic E-state index is 0.857. The zero-order valence-electron chi connectivity index (χ0n) is 12.8. The van der Waals surface area contributed by atoms with Crippen molar-refractivity contribution in [1.29, 1.82) is 0 Å². The number of benzene rings is 2. The van der Waals surface area contributed by atoms with Crippen molar-refractivity contribution in [3.05, 3.63) is 77.4 Å². The van der Waals surface area contributed by atoms with Crippen LogP contribution in [0.4, 0.5) is 0 Å². The first-order valence-corrected chi connectivity index (χ1v) is 7.00. The van der Waals surface area contributed by atoms with Crippen molar-refractivity contribution in [2.24, 2.45) is 0 Å². The van der Waals surface area contributed by atoms with Gasteiger partial charge in [0.2, 0.25) is 0 Å². The molecule has 0 aliphatic rings. The van der Waals surface area contributed by atoms with Gasteiger partial charge >= 0.3 is 0 Å². The van der Waals surface area contributed by atoms with Crippen LogP contribution in [0.2, 0.25) is 0 Å². The summed E-state index contributed by atoms with van der Waals surface area (Å²) < 4.78 is 0. The molecular formula is C20H22. The van der Waals surface area contributed by atoms with Gasteiger partial charge in [-0.15, -0.1) is 0 Å². The highest BCUT2D eigenvalue weighted by Gasteiger charge is 1.94. The quantitative estimate of drug-likeness (QED) is 0.604. The summed E-state index contributed by atoms with van der Waals surface area (Å²) in [7, 11) is 0. The van der Waals surface area contributed by atoms with Crippen LogP contribution in [0.25, 0.3) is 5.57 Å². The standard InChI is InChI=1S/C18H16.C2H6/c1-14-4-9-17(10-5-14)11-8-16(3)18-12-6-15(2)7-13-18;1-2/h4-7,9-10,12-13H,3H2,1-2H3;1-2H3. The Labute approximate surface area is 123 Å². The lowest BCUT2D eigenvalue weighted by atomic mass is 10.1. The maximum absolute atomic E-state index is 4.01. The van der Waals surface area contributed by atoms with Gasteiger partial charge < -0.3 is 0 Å². The van der Waals surface area contributed by atoms with Gasteiger partial charge in [-0.05, 0) is 31.5 Å². The largest absolute Gasteiger partial charge is 0.0827 e. The van der Waals surface area contributed by atoms with Crippen LogP contribution < -0.4 is 0 Å². The van der Waals surface area contributed by atoms with Gasteiger partial charge in [0.1, 0.15) is 0 Å². The number of rotatable bonds is 1. The zero-order valence-corrected chi connectivity index (χ0v) is 12.8. The van der Waals surface area contributed by atoms with E-state index in [0.717, 1.165) is 16.7 Å². The highest BCUT2D eigenvalue weighted by molar-refractivity contribution is 5.77. The summed E-state index contributed by atoms with van der Waals surface area (Å²) in [4.78, 5) is 0. The number of hydrogen-bond donors (Lipinski definition) is 0. The molecule has 0 aromatic heterocycles. The highest BCUT2D eigenvalue weighted by atomic mass is 14.0. The van der Waals surface area contributed by atoms with E-state index in [0.29, 0.717) is 0 Å². The molecule has 0 N–H and O–H groups in total. The van der Waals surface area contributed by atoms with Gasteiger partial charge in [0, 0.05) is 11.1 Å². The predicted octanol–water partition coefficient (Wildman–Crippen LogP) is 5.39. The Morgan fingerprint density at radius 2 is 1.25 bits per heavy atom. The van der Waals surface area contributed by atoms with Crippen molar-refractivity contribution in [3.63, 3.8) is 0 Å². The summed E-state index contributed by atoms with van der Waals surface area (Å²) in [6.45, 7) is 12.2. The van der Waals surface area contributed by atoms with Crippen molar-refractivity contribution >= 4 is 5.57 Å². The summed E-state index contributed by atoms with van der Waals surface area (Å²) in [6.07, 6.45) is 0. The minimum atomic E-state index is 0.857. The molecule has 0 radical (unpaired) electrons. The van der Waals surface area contributed by atoms with E-state index >= 15 is 0 Å². The molecule has 0 bridgehead atoms. The normalized spacial score (nSPS) is 8.80. The number of aryl methyl sites for hydroxylation is 2. The smallest absolute Gasteiger partial charge is 0.0249 e. The Bertz CT molecular complexity index is 602. The Morgan fingerprint density at radius 3 is 1.75 bits per heavy atom. The van der Waals surface area contributed by atoms with Gasteiger partial charge in [0.25, 0.3) is 0 Å². The maximum atomic E-state index is 4.01. The molecule has 0 heterocycles. The predicted molar refractivity (Wildman–Crippen MR) is 89.6 cm³/mol. The Morgan fingerprint density at radius 1 is 0.800 bits per heavy atom. The van der Waals surface area contributed by atoms with E-state index in [4.69, 9.17) is 0 Å². The topological polar surface area (TPSA) is 0 Å². The molecule has 0 spiro atoms. The minimum Gasteiger partial charge on any atom is -0.0827 e. The van der Waals surface area contributed by atoms with Gasteiger partial charge in [-0.3, -0.25) is 0 Å². The Kier molecular flexibility index (Phi) is 6.33. The molecule has 0 aliphatic carbocycles. The fourth-order valence-corrected chi connectivity index (χ4v) is 1.61. The first-order valence-electron chi connectivity index (χ1n) is 7.00. The van der Waals surface area contributed by atoms with Crippen molar-refractivity contribution < 1.29 is 0 Å². The summed E-state index contributed by atoms with van der Waals surface area (Å²) in [5.74, 6) is 6.24. The average molecular weight is 262 g/mol. The van der Waals surface area contributed by atoms with Crippen LogP contribution in [0.1, 0.15) is 36.1 Å². The molecule has 0 amide bonds. The van der Waals surface area contributed by atoms with E-state index in [1.807, 2.05) is 26.0 Å². The van der Waals surface area contributed by atoms with Crippen LogP contribution in [0.5, 0.6) is 0 Å². The molecule has 2 aromatic rings. The van der Waals surface area contributed by atoms with Gasteiger partial charge in [-0.2, -0.15) is 0 Å². The molecule has 2 rings (SSSR count). The van der Waals surface area contributed by atoms with E-state index in [9.17, 15) is 0 Å². The Balaban J connectivity index is 0.000000956. The molecule has 20 heavy (non-hydrogen) atoms. The van der Waals surface area contributed by atoms with E-state index < -0.39 is 0 Å². The van der Waals surface area contributed by atoms with Gasteiger partial charge in [-0.1, -0.05) is 79.8 Å². The SMILES string of the molecule is C=C(C#Cc1ccc(C)cc1)c1ccc(C)cc1.CC. The third-order valence-electron chi connectivity index (χ3n) is 2.81. The van der Waals surface area contributed by atoms with Gasteiger partial charge in [0.15, 0.2) is 0 Å². The molecule has 0 atom stereocenters. The summed E-state index contributed by atoms with van der Waals surface area (Å²) in [6, 6.07) is 16.5. The van der Waals surface area contributed by atoms with E-state index in [2.05, 4.69) is 68.7 Å². The Hall–Kier alpha value is -2.26. The third-order valence-corrected chi connectivity index (χ3v) is 2.81. The van der Waals surface area contributed by atoms with Gasteiger partial charge in [0.05, 0.1) is 0 Å². The van der Waals surface area contributed by atoms with Crippen LogP contribution in [-0.2, 0) is 0 Å². The van der Waals surface area contributed by atoms with E-state index in [1.165, 1.54) is 11.1 Å². The van der Waals surface area contributed by atoms with Crippen LogP contribution in [0.3, 0.4) is 0 Å². The van der Waals surface area contributed by atoms with Gasteiger partial charge in [-0.25, -0.2) is 0 Å². The van der Waals surface area contributed by atoms with Crippen molar-refractivity contribution in [2.75, 3.05) is 0 Å². The third kappa shape index (κ3) is 4.78. The molecule has 102 valence electrons. The second-order valence-electron chi connectivity index (χ2n) is 4.46. The first-order chi connectivity index (χ1) is 9.65. The van der Waals surface area contributed by atoms with Crippen molar-refractivity contribution in [3.8, 4) is 11.8 Å². The second-order valence-corrected chi connectivity index (χ2v) is 4.46. The molecule has 0 nitrogen and oxygen atoms in total. The monoisotopic (exact) mass is 262 g/mol. The molecular weight excluding hydrogens is 240 g/mol. The van der Waals surface area contributed by atoms with Crippen molar-refractivity contribution in [1.82, 2.24) is 0 Å². The molecule has 0 saturated carbocycles. The molecule has 0 saturated heterocycles. The molecule has 0 unspecified atom stereocenters. The van der Waals surface area contributed by atoms with Crippen LogP contribution >= 0.6 is 0 Å². The molecule has 0 fully saturated rings. The molecule has 2 aromatic carbocycles. The van der Waals surface area contributed by atoms with Crippen LogP contribution in [0, 0.1) is 25.7 Å². The number of allylic oxidation sites excluding steroid dienone is 1. The van der Waals surface area contributed by atoms with E-state index in [-0.39, 0.29) is 0 Å².